The minimum absolute atomic E-state index is 0.201. The molecule has 17 heavy (non-hydrogen) atoms. The van der Waals surface area contributed by atoms with Crippen molar-refractivity contribution >= 4 is 5.91 Å². The summed E-state index contributed by atoms with van der Waals surface area (Å²) in [5, 5.41) is 11.6. The number of hydrogen-bond acceptors (Lipinski definition) is 2. The number of amides is 1. The summed E-state index contributed by atoms with van der Waals surface area (Å²) < 4.78 is 0. The molecule has 0 aromatic rings. The molecule has 0 aliphatic heterocycles. The first-order chi connectivity index (χ1) is 8.26. The molecule has 0 fully saturated rings. The van der Waals surface area contributed by atoms with Crippen molar-refractivity contribution in [1.82, 2.24) is 5.32 Å². The number of unbranched alkanes of at least 4 members (excludes halogenated alkanes) is 4. The molecule has 2 N–H and O–H groups in total. The molecule has 0 heterocycles. The lowest BCUT2D eigenvalue weighted by molar-refractivity contribution is -0.125. The van der Waals surface area contributed by atoms with Crippen molar-refractivity contribution in [3.63, 3.8) is 0 Å². The maximum atomic E-state index is 11.8. The quantitative estimate of drug-likeness (QED) is 0.548. The second-order valence-electron chi connectivity index (χ2n) is 4.68. The maximum absolute atomic E-state index is 11.8. The van der Waals surface area contributed by atoms with Crippen molar-refractivity contribution in [2.24, 2.45) is 5.92 Å². The third-order valence-electron chi connectivity index (χ3n) is 3.15. The molecule has 0 bridgehead atoms. The van der Waals surface area contributed by atoms with Gasteiger partial charge in [0.05, 0.1) is 0 Å². The summed E-state index contributed by atoms with van der Waals surface area (Å²) >= 11 is 0. The van der Waals surface area contributed by atoms with Crippen molar-refractivity contribution in [2.75, 3.05) is 13.2 Å². The summed E-state index contributed by atoms with van der Waals surface area (Å²) in [6.45, 7) is 5.31. The normalized spacial score (nSPS) is 12.4. The zero-order valence-electron chi connectivity index (χ0n) is 11.5. The van der Waals surface area contributed by atoms with Crippen LogP contribution in [0.2, 0.25) is 0 Å². The number of aliphatic hydroxyl groups is 1. The van der Waals surface area contributed by atoms with Crippen molar-refractivity contribution in [3.05, 3.63) is 0 Å². The van der Waals surface area contributed by atoms with Crippen LogP contribution in [0.1, 0.15) is 65.2 Å². The van der Waals surface area contributed by atoms with E-state index in [1.165, 1.54) is 0 Å². The molecular formula is C14H29NO2. The summed E-state index contributed by atoms with van der Waals surface area (Å²) in [7, 11) is 0. The number of nitrogens with one attached hydrogen (secondary N) is 1. The minimum Gasteiger partial charge on any atom is -0.396 e. The van der Waals surface area contributed by atoms with Gasteiger partial charge in [-0.25, -0.2) is 0 Å². The van der Waals surface area contributed by atoms with E-state index in [4.69, 9.17) is 5.11 Å². The molecule has 102 valence electrons. The molecule has 0 saturated carbocycles. The van der Waals surface area contributed by atoms with Gasteiger partial charge in [0.25, 0.3) is 0 Å². The van der Waals surface area contributed by atoms with Crippen LogP contribution in [-0.2, 0) is 4.79 Å². The Hall–Kier alpha value is -0.570. The van der Waals surface area contributed by atoms with Crippen LogP contribution >= 0.6 is 0 Å². The SMILES string of the molecule is CCCCC(CC)C(=O)NCCCCCCO. The van der Waals surface area contributed by atoms with E-state index in [9.17, 15) is 4.79 Å². The van der Waals surface area contributed by atoms with E-state index >= 15 is 0 Å². The molecule has 1 amide bonds. The first kappa shape index (κ1) is 16.4. The molecule has 0 aromatic carbocycles. The van der Waals surface area contributed by atoms with Gasteiger partial charge in [0, 0.05) is 19.1 Å². The average molecular weight is 243 g/mol. The zero-order chi connectivity index (χ0) is 12.9. The molecule has 0 spiro atoms. The molecule has 1 unspecified atom stereocenters. The van der Waals surface area contributed by atoms with Gasteiger partial charge in [-0.05, 0) is 25.7 Å². The van der Waals surface area contributed by atoms with Crippen molar-refractivity contribution in [1.29, 1.82) is 0 Å². The Balaban J connectivity index is 3.54. The van der Waals surface area contributed by atoms with Gasteiger partial charge in [0.2, 0.25) is 5.91 Å². The van der Waals surface area contributed by atoms with Gasteiger partial charge >= 0.3 is 0 Å². The lowest BCUT2D eigenvalue weighted by Gasteiger charge is -2.14. The zero-order valence-corrected chi connectivity index (χ0v) is 11.5. The van der Waals surface area contributed by atoms with Crippen LogP contribution in [-0.4, -0.2) is 24.2 Å². The lowest BCUT2D eigenvalue weighted by atomic mass is 9.98. The number of carbonyl (C=O) groups excluding carboxylic acids is 1. The Morgan fingerprint density at radius 3 is 2.41 bits per heavy atom. The first-order valence-corrected chi connectivity index (χ1v) is 7.14. The van der Waals surface area contributed by atoms with E-state index in [-0.39, 0.29) is 18.4 Å². The Morgan fingerprint density at radius 2 is 1.82 bits per heavy atom. The summed E-state index contributed by atoms with van der Waals surface area (Å²) in [4.78, 5) is 11.8. The third-order valence-corrected chi connectivity index (χ3v) is 3.15. The van der Waals surface area contributed by atoms with Gasteiger partial charge in [0.1, 0.15) is 0 Å². The fourth-order valence-corrected chi connectivity index (χ4v) is 1.92. The highest BCUT2D eigenvalue weighted by Gasteiger charge is 2.14. The average Bonchev–Trinajstić information content (AvgIpc) is 2.34. The van der Waals surface area contributed by atoms with Crippen LogP contribution in [0, 0.1) is 5.92 Å². The standard InChI is InChI=1S/C14H29NO2/c1-3-5-10-13(4-2)14(17)15-11-8-6-7-9-12-16/h13,16H,3-12H2,1-2H3,(H,15,17). The predicted molar refractivity (Wildman–Crippen MR) is 71.9 cm³/mol. The van der Waals surface area contributed by atoms with Gasteiger partial charge in [0.15, 0.2) is 0 Å². The highest BCUT2D eigenvalue weighted by atomic mass is 16.2. The molecule has 3 nitrogen and oxygen atoms in total. The van der Waals surface area contributed by atoms with Gasteiger partial charge < -0.3 is 10.4 Å². The molecule has 0 radical (unpaired) electrons. The van der Waals surface area contributed by atoms with E-state index in [2.05, 4.69) is 19.2 Å². The first-order valence-electron chi connectivity index (χ1n) is 7.14. The topological polar surface area (TPSA) is 49.3 Å². The number of aliphatic hydroxyl groups excluding tert-OH is 1. The molecule has 0 aliphatic carbocycles. The molecule has 3 heteroatoms. The fraction of sp³-hybridized carbons (Fsp3) is 0.929. The minimum atomic E-state index is 0.201. The summed E-state index contributed by atoms with van der Waals surface area (Å²) in [6.07, 6.45) is 8.30. The number of hydrogen-bond donors (Lipinski definition) is 2. The molecule has 0 aromatic heterocycles. The predicted octanol–water partition coefficient (Wildman–Crippen LogP) is 2.87. The summed E-state index contributed by atoms with van der Waals surface area (Å²) in [5.74, 6) is 0.426. The van der Waals surface area contributed by atoms with Crippen molar-refractivity contribution in [2.45, 2.75) is 65.2 Å². The summed E-state index contributed by atoms with van der Waals surface area (Å²) in [6, 6.07) is 0. The van der Waals surface area contributed by atoms with Gasteiger partial charge in [-0.15, -0.1) is 0 Å². The van der Waals surface area contributed by atoms with Crippen LogP contribution in [0.3, 0.4) is 0 Å². The van der Waals surface area contributed by atoms with Crippen molar-refractivity contribution in [3.8, 4) is 0 Å². The fourth-order valence-electron chi connectivity index (χ4n) is 1.92. The lowest BCUT2D eigenvalue weighted by Crippen LogP contribution is -2.31. The molecular weight excluding hydrogens is 214 g/mol. The van der Waals surface area contributed by atoms with Crippen molar-refractivity contribution < 1.29 is 9.90 Å². The second kappa shape index (κ2) is 11.9. The Labute approximate surface area is 106 Å². The van der Waals surface area contributed by atoms with E-state index < -0.39 is 0 Å². The highest BCUT2D eigenvalue weighted by Crippen LogP contribution is 2.12. The molecule has 0 saturated heterocycles. The molecule has 0 rings (SSSR count). The van der Waals surface area contributed by atoms with Gasteiger partial charge in [-0.1, -0.05) is 39.5 Å². The van der Waals surface area contributed by atoms with Crippen LogP contribution in [0.25, 0.3) is 0 Å². The highest BCUT2D eigenvalue weighted by molar-refractivity contribution is 5.78. The molecule has 0 aliphatic rings. The monoisotopic (exact) mass is 243 g/mol. The maximum Gasteiger partial charge on any atom is 0.223 e. The number of rotatable bonds is 11. The van der Waals surface area contributed by atoms with Gasteiger partial charge in [-0.2, -0.15) is 0 Å². The Bertz CT molecular complexity index is 183. The Kier molecular flexibility index (Phi) is 11.5. The number of carbonyl (C=O) groups is 1. The van der Waals surface area contributed by atoms with E-state index in [0.29, 0.717) is 0 Å². The van der Waals surface area contributed by atoms with Gasteiger partial charge in [-0.3, -0.25) is 4.79 Å². The van der Waals surface area contributed by atoms with Crippen LogP contribution in [0.4, 0.5) is 0 Å². The largest absolute Gasteiger partial charge is 0.396 e. The summed E-state index contributed by atoms with van der Waals surface area (Å²) in [5.41, 5.74) is 0. The van der Waals surface area contributed by atoms with E-state index in [1.807, 2.05) is 0 Å². The molecule has 1 atom stereocenters. The van der Waals surface area contributed by atoms with Crippen LogP contribution in [0.15, 0.2) is 0 Å². The van der Waals surface area contributed by atoms with Crippen LogP contribution < -0.4 is 5.32 Å². The van der Waals surface area contributed by atoms with E-state index in [1.54, 1.807) is 0 Å². The van der Waals surface area contributed by atoms with Crippen LogP contribution in [0.5, 0.6) is 0 Å². The smallest absolute Gasteiger partial charge is 0.223 e. The Morgan fingerprint density at radius 1 is 1.12 bits per heavy atom. The second-order valence-corrected chi connectivity index (χ2v) is 4.68. The van der Waals surface area contributed by atoms with E-state index in [0.717, 1.165) is 57.9 Å². The third kappa shape index (κ3) is 9.16.